The average molecular weight is 488 g/mol. The molecular weight excluding hydrogens is 464 g/mol. The topological polar surface area (TPSA) is 65.6 Å². The van der Waals surface area contributed by atoms with E-state index in [1.165, 1.54) is 4.90 Å². The van der Waals surface area contributed by atoms with Gasteiger partial charge in [0.25, 0.3) is 6.43 Å². The van der Waals surface area contributed by atoms with Crippen molar-refractivity contribution < 1.29 is 32.2 Å². The summed E-state index contributed by atoms with van der Waals surface area (Å²) < 4.78 is 65.3. The highest BCUT2D eigenvalue weighted by atomic mass is 19.3. The predicted octanol–water partition coefficient (Wildman–Crippen LogP) is 5.16. The summed E-state index contributed by atoms with van der Waals surface area (Å²) in [7, 11) is 0. The highest BCUT2D eigenvalue weighted by molar-refractivity contribution is 5.86. The number of benzene rings is 2. The normalized spacial score (nSPS) is 22.0. The third-order valence-electron chi connectivity index (χ3n) is 6.84. The van der Waals surface area contributed by atoms with Crippen molar-refractivity contribution in [1.29, 1.82) is 0 Å². The Morgan fingerprint density at radius 3 is 2.54 bits per heavy atom. The minimum Gasteiger partial charge on any atom is -0.478 e. The molecule has 5 rings (SSSR count). The second-order valence-corrected chi connectivity index (χ2v) is 9.62. The Kier molecular flexibility index (Phi) is 5.93. The van der Waals surface area contributed by atoms with Gasteiger partial charge in [0.15, 0.2) is 0 Å². The van der Waals surface area contributed by atoms with Gasteiger partial charge >= 0.3 is 5.97 Å². The van der Waals surface area contributed by atoms with Gasteiger partial charge in [-0.15, -0.1) is 0 Å². The number of para-hydroxylation sites is 1. The zero-order valence-corrected chi connectivity index (χ0v) is 18.9. The summed E-state index contributed by atoms with van der Waals surface area (Å²) in [6.45, 7) is 2.82. The zero-order valence-electron chi connectivity index (χ0n) is 18.9. The van der Waals surface area contributed by atoms with E-state index in [0.717, 1.165) is 29.7 Å². The van der Waals surface area contributed by atoms with Gasteiger partial charge in [-0.3, -0.25) is 4.90 Å². The first-order chi connectivity index (χ1) is 16.7. The first-order valence-corrected chi connectivity index (χ1v) is 11.3. The number of carboxylic acid groups (broad SMARTS) is 1. The minimum absolute atomic E-state index is 0.0233. The van der Waals surface area contributed by atoms with Gasteiger partial charge in [0.1, 0.15) is 11.6 Å². The zero-order chi connectivity index (χ0) is 24.9. The number of H-pyrrole nitrogens is 1. The molecule has 0 aliphatic carbocycles. The Balaban J connectivity index is 1.71. The van der Waals surface area contributed by atoms with E-state index in [1.807, 2.05) is 13.0 Å². The van der Waals surface area contributed by atoms with Crippen LogP contribution in [-0.4, -0.2) is 53.2 Å². The molecule has 35 heavy (non-hydrogen) atoms. The lowest BCUT2D eigenvalue weighted by Crippen LogP contribution is -2.56. The van der Waals surface area contributed by atoms with Crippen LogP contribution in [0.5, 0.6) is 0 Å². The van der Waals surface area contributed by atoms with E-state index in [4.69, 9.17) is 9.84 Å². The number of aromatic nitrogens is 1. The van der Waals surface area contributed by atoms with Crippen molar-refractivity contribution in [2.75, 3.05) is 19.8 Å². The van der Waals surface area contributed by atoms with Crippen LogP contribution in [0.2, 0.25) is 0 Å². The van der Waals surface area contributed by atoms with E-state index in [0.29, 0.717) is 30.0 Å². The molecule has 2 N–H and O–H groups in total. The van der Waals surface area contributed by atoms with E-state index in [2.05, 4.69) is 4.98 Å². The monoisotopic (exact) mass is 488 g/mol. The molecule has 1 saturated heterocycles. The maximum atomic E-state index is 15.5. The van der Waals surface area contributed by atoms with Gasteiger partial charge in [0.2, 0.25) is 0 Å². The summed E-state index contributed by atoms with van der Waals surface area (Å²) in [5, 5.41) is 9.58. The molecule has 3 aromatic rings. The molecule has 3 heterocycles. The van der Waals surface area contributed by atoms with Crippen molar-refractivity contribution in [2.45, 2.75) is 31.9 Å². The largest absolute Gasteiger partial charge is 0.478 e. The van der Waals surface area contributed by atoms with E-state index in [9.17, 15) is 13.6 Å². The maximum Gasteiger partial charge on any atom is 0.328 e. The Labute approximate surface area is 199 Å². The summed E-state index contributed by atoms with van der Waals surface area (Å²) in [5.74, 6) is -3.12. The Morgan fingerprint density at radius 2 is 1.94 bits per heavy atom. The molecule has 9 heteroatoms. The fourth-order valence-corrected chi connectivity index (χ4v) is 5.22. The SMILES string of the molecule is CC1(CN2C(c3c(F)cc(/C=C/C(=O)O)cc3F)c3[nH]c4ccccc4c3CC2C(F)F)COC1. The molecule has 2 aliphatic heterocycles. The van der Waals surface area contributed by atoms with Gasteiger partial charge < -0.3 is 14.8 Å². The van der Waals surface area contributed by atoms with Gasteiger partial charge in [-0.2, -0.15) is 0 Å². The number of hydrogen-bond donors (Lipinski definition) is 2. The molecule has 5 nitrogen and oxygen atoms in total. The fraction of sp³-hybridized carbons (Fsp3) is 0.346. The summed E-state index contributed by atoms with van der Waals surface area (Å²) in [6.07, 6.45) is -0.846. The molecule has 1 aromatic heterocycles. The van der Waals surface area contributed by atoms with Crippen LogP contribution in [0.3, 0.4) is 0 Å². The Hall–Kier alpha value is -3.17. The van der Waals surface area contributed by atoms with E-state index in [-0.39, 0.29) is 24.1 Å². The Morgan fingerprint density at radius 1 is 1.26 bits per heavy atom. The molecule has 0 radical (unpaired) electrons. The van der Waals surface area contributed by atoms with Crippen molar-refractivity contribution in [1.82, 2.24) is 9.88 Å². The van der Waals surface area contributed by atoms with Gasteiger partial charge in [-0.1, -0.05) is 25.1 Å². The molecule has 0 spiro atoms. The van der Waals surface area contributed by atoms with Gasteiger partial charge in [-0.25, -0.2) is 22.4 Å². The standard InChI is InChI=1S/C26H24F4N2O3/c1-26(12-35-13-26)11-32-20(25(29)30)10-16-15-4-2-3-5-19(15)31-23(16)24(32)22-17(27)8-14(9-18(22)28)6-7-21(33)34/h2-9,20,24-25,31H,10-13H2,1H3,(H,33,34)/b7-6+. The molecule has 0 saturated carbocycles. The first kappa shape index (κ1) is 23.6. The van der Waals surface area contributed by atoms with Crippen LogP contribution in [0.1, 0.15) is 35.3 Å². The number of aliphatic carboxylic acids is 1. The van der Waals surface area contributed by atoms with Crippen molar-refractivity contribution in [3.63, 3.8) is 0 Å². The molecule has 2 atom stereocenters. The molecule has 0 bridgehead atoms. The highest BCUT2D eigenvalue weighted by Crippen LogP contribution is 2.45. The molecular formula is C26H24F4N2O3. The van der Waals surface area contributed by atoms with E-state index >= 15 is 8.78 Å². The number of carboxylic acids is 1. The van der Waals surface area contributed by atoms with Crippen molar-refractivity contribution in [2.24, 2.45) is 5.41 Å². The summed E-state index contributed by atoms with van der Waals surface area (Å²) >= 11 is 0. The second kappa shape index (κ2) is 8.80. The number of aromatic amines is 1. The smallest absolute Gasteiger partial charge is 0.328 e. The van der Waals surface area contributed by atoms with Crippen molar-refractivity contribution in [3.05, 3.63) is 76.5 Å². The highest BCUT2D eigenvalue weighted by Gasteiger charge is 2.47. The van der Waals surface area contributed by atoms with Gasteiger partial charge in [-0.05, 0) is 41.8 Å². The molecule has 0 amide bonds. The third-order valence-corrected chi connectivity index (χ3v) is 6.84. The average Bonchev–Trinajstić information content (AvgIpc) is 3.15. The summed E-state index contributed by atoms with van der Waals surface area (Å²) in [5.41, 5.74) is 1.06. The number of fused-ring (bicyclic) bond motifs is 3. The van der Waals surface area contributed by atoms with Gasteiger partial charge in [0, 0.05) is 40.2 Å². The summed E-state index contributed by atoms with van der Waals surface area (Å²) in [6, 6.07) is 6.89. The molecule has 184 valence electrons. The second-order valence-electron chi connectivity index (χ2n) is 9.62. The lowest BCUT2D eigenvalue weighted by atomic mass is 9.82. The van der Waals surface area contributed by atoms with Crippen LogP contribution in [0.15, 0.2) is 42.5 Å². The number of rotatable bonds is 6. The number of hydrogen-bond acceptors (Lipinski definition) is 3. The quantitative estimate of drug-likeness (QED) is 0.372. The predicted molar refractivity (Wildman–Crippen MR) is 122 cm³/mol. The van der Waals surface area contributed by atoms with Crippen LogP contribution >= 0.6 is 0 Å². The van der Waals surface area contributed by atoms with Crippen LogP contribution in [0, 0.1) is 17.0 Å². The molecule has 1 fully saturated rings. The van der Waals surface area contributed by atoms with Crippen LogP contribution < -0.4 is 0 Å². The van der Waals surface area contributed by atoms with E-state index in [1.54, 1.807) is 18.2 Å². The van der Waals surface area contributed by atoms with E-state index < -0.39 is 41.5 Å². The maximum absolute atomic E-state index is 15.5. The Bertz CT molecular complexity index is 1290. The van der Waals surface area contributed by atoms with Crippen LogP contribution in [0.25, 0.3) is 17.0 Å². The summed E-state index contributed by atoms with van der Waals surface area (Å²) in [4.78, 5) is 15.6. The number of nitrogens with one attached hydrogen (secondary N) is 1. The molecule has 2 aromatic carbocycles. The third kappa shape index (κ3) is 4.23. The van der Waals surface area contributed by atoms with Crippen molar-refractivity contribution in [3.8, 4) is 0 Å². The van der Waals surface area contributed by atoms with Crippen LogP contribution in [-0.2, 0) is 16.0 Å². The lowest BCUT2D eigenvalue weighted by Gasteiger charge is -2.48. The van der Waals surface area contributed by atoms with Crippen LogP contribution in [0.4, 0.5) is 17.6 Å². The number of carbonyl (C=O) groups is 1. The number of alkyl halides is 2. The first-order valence-electron chi connectivity index (χ1n) is 11.3. The van der Waals surface area contributed by atoms with Crippen molar-refractivity contribution >= 4 is 22.9 Å². The number of ether oxygens (including phenoxy) is 1. The lowest BCUT2D eigenvalue weighted by molar-refractivity contribution is -0.132. The van der Waals surface area contributed by atoms with Gasteiger partial charge in [0.05, 0.1) is 25.3 Å². The number of halogens is 4. The molecule has 2 unspecified atom stereocenters. The molecule has 2 aliphatic rings. The number of nitrogens with zero attached hydrogens (tertiary/aromatic N) is 1. The fourth-order valence-electron chi connectivity index (χ4n) is 5.22. The minimum atomic E-state index is -2.74.